The highest BCUT2D eigenvalue weighted by Crippen LogP contribution is 2.17. The van der Waals surface area contributed by atoms with E-state index in [2.05, 4.69) is 22.3 Å². The highest BCUT2D eigenvalue weighted by Gasteiger charge is 2.12. The number of nitrogen functional groups attached to an aromatic ring is 1. The second-order valence-corrected chi connectivity index (χ2v) is 6.52. The van der Waals surface area contributed by atoms with E-state index in [1.54, 1.807) is 12.1 Å². The lowest BCUT2D eigenvalue weighted by atomic mass is 10.1. The molecule has 0 spiro atoms. The lowest BCUT2D eigenvalue weighted by Crippen LogP contribution is -2.21. The molecule has 1 heterocycles. The van der Waals surface area contributed by atoms with E-state index in [1.165, 1.54) is 31.5 Å². The smallest absolute Gasteiger partial charge is 0.256 e. The van der Waals surface area contributed by atoms with Gasteiger partial charge in [-0.05, 0) is 74.7 Å². The van der Waals surface area contributed by atoms with Crippen LogP contribution in [0.3, 0.4) is 0 Å². The maximum Gasteiger partial charge on any atom is 0.256 e. The van der Waals surface area contributed by atoms with E-state index < -0.39 is 0 Å². The first-order valence-electron chi connectivity index (χ1n) is 8.60. The zero-order valence-corrected chi connectivity index (χ0v) is 14.2. The second kappa shape index (κ2) is 7.49. The molecule has 3 N–H and O–H groups in total. The van der Waals surface area contributed by atoms with E-state index in [-0.39, 0.29) is 5.91 Å². The lowest BCUT2D eigenvalue weighted by Gasteiger charge is -2.14. The highest BCUT2D eigenvalue weighted by molar-refractivity contribution is 6.05. The first-order valence-corrected chi connectivity index (χ1v) is 8.60. The molecule has 0 saturated carbocycles. The van der Waals surface area contributed by atoms with E-state index in [1.807, 2.05) is 25.1 Å². The average molecular weight is 323 g/mol. The van der Waals surface area contributed by atoms with Crippen molar-refractivity contribution in [3.8, 4) is 0 Å². The zero-order chi connectivity index (χ0) is 16.9. The Kier molecular flexibility index (Phi) is 5.16. The number of hydrogen-bond donors (Lipinski definition) is 2. The van der Waals surface area contributed by atoms with Crippen molar-refractivity contribution in [3.63, 3.8) is 0 Å². The third-order valence-corrected chi connectivity index (χ3v) is 4.63. The molecule has 1 amide bonds. The SMILES string of the molecule is Cc1ccc(N)cc1C(=O)Nc1ccc(CCN2CCCC2)cc1. The molecule has 3 rings (SSSR count). The number of likely N-dealkylation sites (tertiary alicyclic amines) is 1. The number of nitrogens with one attached hydrogen (secondary N) is 1. The van der Waals surface area contributed by atoms with Crippen LogP contribution in [-0.2, 0) is 6.42 Å². The van der Waals surface area contributed by atoms with Crippen LogP contribution in [0.15, 0.2) is 42.5 Å². The van der Waals surface area contributed by atoms with Gasteiger partial charge in [0.05, 0.1) is 0 Å². The molecule has 0 aliphatic carbocycles. The van der Waals surface area contributed by atoms with Gasteiger partial charge in [0.25, 0.3) is 5.91 Å². The van der Waals surface area contributed by atoms with Crippen molar-refractivity contribution >= 4 is 17.3 Å². The Hall–Kier alpha value is -2.33. The van der Waals surface area contributed by atoms with Crippen molar-refractivity contribution in [2.75, 3.05) is 30.7 Å². The maximum atomic E-state index is 12.4. The summed E-state index contributed by atoms with van der Waals surface area (Å²) in [4.78, 5) is 14.9. The lowest BCUT2D eigenvalue weighted by molar-refractivity contribution is 0.102. The summed E-state index contributed by atoms with van der Waals surface area (Å²) in [6, 6.07) is 13.5. The van der Waals surface area contributed by atoms with E-state index in [4.69, 9.17) is 5.73 Å². The molecule has 0 aromatic heterocycles. The number of nitrogens with two attached hydrogens (primary N) is 1. The van der Waals surface area contributed by atoms with Gasteiger partial charge < -0.3 is 16.0 Å². The molecule has 0 bridgehead atoms. The topological polar surface area (TPSA) is 58.4 Å². The van der Waals surface area contributed by atoms with Gasteiger partial charge in [-0.15, -0.1) is 0 Å². The molecule has 1 aliphatic rings. The number of aryl methyl sites for hydroxylation is 1. The van der Waals surface area contributed by atoms with Crippen molar-refractivity contribution in [1.29, 1.82) is 0 Å². The fraction of sp³-hybridized carbons (Fsp3) is 0.350. The number of carbonyl (C=O) groups is 1. The summed E-state index contributed by atoms with van der Waals surface area (Å²) < 4.78 is 0. The van der Waals surface area contributed by atoms with E-state index in [9.17, 15) is 4.79 Å². The minimum Gasteiger partial charge on any atom is -0.399 e. The largest absolute Gasteiger partial charge is 0.399 e. The Morgan fingerprint density at radius 3 is 2.54 bits per heavy atom. The van der Waals surface area contributed by atoms with E-state index in [0.29, 0.717) is 11.3 Å². The van der Waals surface area contributed by atoms with Gasteiger partial charge in [-0.25, -0.2) is 0 Å². The Labute approximate surface area is 143 Å². The number of hydrogen-bond acceptors (Lipinski definition) is 3. The standard InChI is InChI=1S/C20H25N3O/c1-15-4-7-17(21)14-19(15)20(24)22-18-8-5-16(6-9-18)10-13-23-11-2-3-12-23/h4-9,14H,2-3,10-13,21H2,1H3,(H,22,24). The van der Waals surface area contributed by atoms with Gasteiger partial charge in [-0.1, -0.05) is 18.2 Å². The van der Waals surface area contributed by atoms with Crippen LogP contribution >= 0.6 is 0 Å². The number of carbonyl (C=O) groups excluding carboxylic acids is 1. The number of anilines is 2. The van der Waals surface area contributed by atoms with Crippen LogP contribution in [0.5, 0.6) is 0 Å². The minimum absolute atomic E-state index is 0.121. The second-order valence-electron chi connectivity index (χ2n) is 6.52. The number of benzene rings is 2. The van der Waals surface area contributed by atoms with Gasteiger partial charge in [0, 0.05) is 23.5 Å². The highest BCUT2D eigenvalue weighted by atomic mass is 16.1. The quantitative estimate of drug-likeness (QED) is 0.828. The van der Waals surface area contributed by atoms with Crippen molar-refractivity contribution in [2.24, 2.45) is 0 Å². The first-order chi connectivity index (χ1) is 11.6. The van der Waals surface area contributed by atoms with E-state index in [0.717, 1.165) is 24.2 Å². The van der Waals surface area contributed by atoms with Crippen molar-refractivity contribution in [3.05, 3.63) is 59.2 Å². The monoisotopic (exact) mass is 323 g/mol. The van der Waals surface area contributed by atoms with Crippen molar-refractivity contribution in [1.82, 2.24) is 4.90 Å². The zero-order valence-electron chi connectivity index (χ0n) is 14.2. The molecule has 4 heteroatoms. The molecule has 2 aromatic rings. The van der Waals surface area contributed by atoms with Gasteiger partial charge in [0.15, 0.2) is 0 Å². The van der Waals surface area contributed by atoms with Crippen molar-refractivity contribution < 1.29 is 4.79 Å². The van der Waals surface area contributed by atoms with Crippen LogP contribution in [0.4, 0.5) is 11.4 Å². The Morgan fingerprint density at radius 1 is 1.12 bits per heavy atom. The predicted molar refractivity (Wildman–Crippen MR) is 99.4 cm³/mol. The summed E-state index contributed by atoms with van der Waals surface area (Å²) in [5.74, 6) is -0.121. The molecule has 0 radical (unpaired) electrons. The molecule has 4 nitrogen and oxygen atoms in total. The van der Waals surface area contributed by atoms with Crippen LogP contribution < -0.4 is 11.1 Å². The number of nitrogens with zero attached hydrogens (tertiary/aromatic N) is 1. The van der Waals surface area contributed by atoms with Gasteiger partial charge in [0.1, 0.15) is 0 Å². The molecular weight excluding hydrogens is 298 g/mol. The summed E-state index contributed by atoms with van der Waals surface area (Å²) in [6.07, 6.45) is 3.71. The molecular formula is C20H25N3O. The van der Waals surface area contributed by atoms with Crippen LogP contribution in [0.2, 0.25) is 0 Å². The summed E-state index contributed by atoms with van der Waals surface area (Å²) in [6.45, 7) is 5.49. The van der Waals surface area contributed by atoms with Crippen molar-refractivity contribution in [2.45, 2.75) is 26.2 Å². The van der Waals surface area contributed by atoms with Crippen LogP contribution in [0, 0.1) is 6.92 Å². The van der Waals surface area contributed by atoms with Gasteiger partial charge in [-0.2, -0.15) is 0 Å². The average Bonchev–Trinajstić information content (AvgIpc) is 3.10. The van der Waals surface area contributed by atoms with E-state index >= 15 is 0 Å². The summed E-state index contributed by atoms with van der Waals surface area (Å²) in [7, 11) is 0. The molecule has 0 atom stereocenters. The predicted octanol–water partition coefficient (Wildman–Crippen LogP) is 3.47. The molecule has 1 saturated heterocycles. The molecule has 126 valence electrons. The normalized spacial score (nSPS) is 14.7. The summed E-state index contributed by atoms with van der Waals surface area (Å²) >= 11 is 0. The minimum atomic E-state index is -0.121. The van der Waals surface area contributed by atoms with Gasteiger partial charge in [-0.3, -0.25) is 4.79 Å². The maximum absolute atomic E-state index is 12.4. The Balaban J connectivity index is 1.59. The molecule has 0 unspecified atom stereocenters. The number of amides is 1. The third kappa shape index (κ3) is 4.15. The summed E-state index contributed by atoms with van der Waals surface area (Å²) in [5.41, 5.74) is 10.0. The van der Waals surface area contributed by atoms with Gasteiger partial charge in [0.2, 0.25) is 0 Å². The van der Waals surface area contributed by atoms with Crippen LogP contribution in [0.1, 0.15) is 34.3 Å². The van der Waals surface area contributed by atoms with Gasteiger partial charge >= 0.3 is 0 Å². The van der Waals surface area contributed by atoms with Crippen LogP contribution in [-0.4, -0.2) is 30.4 Å². The Bertz CT molecular complexity index is 703. The first kappa shape index (κ1) is 16.5. The third-order valence-electron chi connectivity index (χ3n) is 4.63. The Morgan fingerprint density at radius 2 is 1.83 bits per heavy atom. The fourth-order valence-electron chi connectivity index (χ4n) is 3.13. The molecule has 1 fully saturated rings. The summed E-state index contributed by atoms with van der Waals surface area (Å²) in [5, 5.41) is 2.95. The fourth-order valence-corrected chi connectivity index (χ4v) is 3.13. The van der Waals surface area contributed by atoms with Crippen LogP contribution in [0.25, 0.3) is 0 Å². The molecule has 1 aliphatic heterocycles. The molecule has 24 heavy (non-hydrogen) atoms. The number of rotatable bonds is 5. The molecule has 2 aromatic carbocycles.